The summed E-state index contributed by atoms with van der Waals surface area (Å²) in [5, 5.41) is 5.59. The summed E-state index contributed by atoms with van der Waals surface area (Å²) in [4.78, 5) is 12.0. The first-order valence-electron chi connectivity index (χ1n) is 6.48. The van der Waals surface area contributed by atoms with Crippen molar-refractivity contribution in [1.29, 1.82) is 0 Å². The molecule has 7 nitrogen and oxygen atoms in total. The summed E-state index contributed by atoms with van der Waals surface area (Å²) >= 11 is 0. The average molecular weight is 315 g/mol. The van der Waals surface area contributed by atoms with Crippen LogP contribution in [0.25, 0.3) is 0 Å². The molecule has 1 unspecified atom stereocenters. The number of hydrogen-bond acceptors (Lipinski definition) is 5. The van der Waals surface area contributed by atoms with Gasteiger partial charge in [-0.3, -0.25) is 4.79 Å². The van der Waals surface area contributed by atoms with E-state index < -0.39 is 16.1 Å². The number of hydrogen-bond donors (Lipinski definition) is 3. The molecule has 1 atom stereocenters. The third kappa shape index (κ3) is 5.00. The van der Waals surface area contributed by atoms with Gasteiger partial charge in [0.1, 0.15) is 10.9 Å². The minimum absolute atomic E-state index is 0.101. The maximum atomic E-state index is 11.9. The molecule has 0 aliphatic heterocycles. The lowest BCUT2D eigenvalue weighted by Gasteiger charge is -2.17. The molecule has 1 rings (SSSR count). The molecule has 0 aromatic heterocycles. The van der Waals surface area contributed by atoms with Crippen LogP contribution in [0.15, 0.2) is 29.2 Å². The van der Waals surface area contributed by atoms with Crippen molar-refractivity contribution in [2.45, 2.75) is 17.9 Å². The number of carbonyl (C=O) groups is 1. The van der Waals surface area contributed by atoms with Crippen LogP contribution in [-0.4, -0.2) is 47.7 Å². The van der Waals surface area contributed by atoms with E-state index >= 15 is 0 Å². The summed E-state index contributed by atoms with van der Waals surface area (Å²) in [6, 6.07) is 5.84. The van der Waals surface area contributed by atoms with Crippen LogP contribution in [-0.2, 0) is 19.6 Å². The predicted octanol–water partition coefficient (Wildman–Crippen LogP) is 0.158. The van der Waals surface area contributed by atoms with E-state index in [9.17, 15) is 13.2 Å². The summed E-state index contributed by atoms with van der Waals surface area (Å²) in [6.45, 7) is 2.48. The number of sulfonamides is 1. The van der Waals surface area contributed by atoms with E-state index in [1.165, 1.54) is 13.1 Å². The first kappa shape index (κ1) is 17.4. The van der Waals surface area contributed by atoms with Crippen molar-refractivity contribution in [2.75, 3.05) is 32.6 Å². The standard InChI is InChI=1S/C13H21N3O4S/c1-10(13(17)15-8-9-20-3)16-11-6-4-5-7-12(11)21(18,19)14-2/h4-7,10,14,16H,8-9H2,1-3H3,(H,15,17). The highest BCUT2D eigenvalue weighted by Crippen LogP contribution is 2.21. The van der Waals surface area contributed by atoms with Crippen molar-refractivity contribution in [2.24, 2.45) is 0 Å². The number of benzene rings is 1. The molecule has 3 N–H and O–H groups in total. The number of amides is 1. The normalized spacial score (nSPS) is 12.7. The van der Waals surface area contributed by atoms with Gasteiger partial charge in [0, 0.05) is 13.7 Å². The molecule has 0 heterocycles. The largest absolute Gasteiger partial charge is 0.383 e. The fraction of sp³-hybridized carbons (Fsp3) is 0.462. The summed E-state index contributed by atoms with van der Waals surface area (Å²) in [5.41, 5.74) is 0.376. The summed E-state index contributed by atoms with van der Waals surface area (Å²) in [7, 11) is -0.697. The molecule has 0 aliphatic carbocycles. The SMILES string of the molecule is CNS(=O)(=O)c1ccccc1NC(C)C(=O)NCCOC. The Bertz CT molecular complexity index is 575. The van der Waals surface area contributed by atoms with Crippen molar-refractivity contribution in [3.63, 3.8) is 0 Å². The Labute approximate surface area is 125 Å². The van der Waals surface area contributed by atoms with E-state index in [0.717, 1.165) is 0 Å². The van der Waals surface area contributed by atoms with Crippen LogP contribution in [0.1, 0.15) is 6.92 Å². The second-order valence-electron chi connectivity index (χ2n) is 4.35. The van der Waals surface area contributed by atoms with Gasteiger partial charge in [0.25, 0.3) is 0 Å². The third-order valence-corrected chi connectivity index (χ3v) is 4.29. The van der Waals surface area contributed by atoms with Gasteiger partial charge >= 0.3 is 0 Å². The number of ether oxygens (including phenoxy) is 1. The molecule has 1 amide bonds. The van der Waals surface area contributed by atoms with E-state index in [4.69, 9.17) is 4.74 Å². The topological polar surface area (TPSA) is 96.5 Å². The van der Waals surface area contributed by atoms with Crippen molar-refractivity contribution < 1.29 is 17.9 Å². The quantitative estimate of drug-likeness (QED) is 0.594. The van der Waals surface area contributed by atoms with Crippen LogP contribution in [0.3, 0.4) is 0 Å². The predicted molar refractivity (Wildman–Crippen MR) is 80.7 cm³/mol. The first-order valence-corrected chi connectivity index (χ1v) is 7.96. The Morgan fingerprint density at radius 2 is 2.00 bits per heavy atom. The van der Waals surface area contributed by atoms with Crippen molar-refractivity contribution in [3.05, 3.63) is 24.3 Å². The van der Waals surface area contributed by atoms with Crippen LogP contribution < -0.4 is 15.4 Å². The molecule has 1 aromatic carbocycles. The van der Waals surface area contributed by atoms with Crippen molar-refractivity contribution >= 4 is 21.6 Å². The van der Waals surface area contributed by atoms with E-state index in [-0.39, 0.29) is 10.8 Å². The average Bonchev–Trinajstić information content (AvgIpc) is 2.47. The van der Waals surface area contributed by atoms with Crippen molar-refractivity contribution in [3.8, 4) is 0 Å². The third-order valence-electron chi connectivity index (χ3n) is 2.82. The second kappa shape index (κ2) is 7.96. The molecular weight excluding hydrogens is 294 g/mol. The molecule has 0 spiro atoms. The molecule has 8 heteroatoms. The minimum Gasteiger partial charge on any atom is -0.383 e. The van der Waals surface area contributed by atoms with Gasteiger partial charge < -0.3 is 15.4 Å². The van der Waals surface area contributed by atoms with Crippen LogP contribution in [0.2, 0.25) is 0 Å². The molecule has 0 radical (unpaired) electrons. The highest BCUT2D eigenvalue weighted by atomic mass is 32.2. The van der Waals surface area contributed by atoms with E-state index in [0.29, 0.717) is 18.8 Å². The fourth-order valence-corrected chi connectivity index (χ4v) is 2.55. The van der Waals surface area contributed by atoms with Crippen LogP contribution in [0, 0.1) is 0 Å². The highest BCUT2D eigenvalue weighted by molar-refractivity contribution is 7.89. The Hall–Kier alpha value is -1.64. The van der Waals surface area contributed by atoms with Gasteiger partial charge in [-0.25, -0.2) is 13.1 Å². The smallest absolute Gasteiger partial charge is 0.242 e. The second-order valence-corrected chi connectivity index (χ2v) is 6.21. The lowest BCUT2D eigenvalue weighted by molar-refractivity contribution is -0.121. The Morgan fingerprint density at radius 1 is 1.33 bits per heavy atom. The van der Waals surface area contributed by atoms with Crippen molar-refractivity contribution in [1.82, 2.24) is 10.0 Å². The lowest BCUT2D eigenvalue weighted by Crippen LogP contribution is -2.39. The molecule has 118 valence electrons. The Kier molecular flexibility index (Phi) is 6.60. The molecule has 0 fully saturated rings. The zero-order valence-electron chi connectivity index (χ0n) is 12.3. The number of para-hydroxylation sites is 1. The van der Waals surface area contributed by atoms with Crippen LogP contribution >= 0.6 is 0 Å². The van der Waals surface area contributed by atoms with Gasteiger partial charge in [0.05, 0.1) is 12.3 Å². The molecular formula is C13H21N3O4S. The van der Waals surface area contributed by atoms with Gasteiger partial charge in [-0.2, -0.15) is 0 Å². The highest BCUT2D eigenvalue weighted by Gasteiger charge is 2.19. The lowest BCUT2D eigenvalue weighted by atomic mass is 10.2. The fourth-order valence-electron chi connectivity index (χ4n) is 1.66. The zero-order chi connectivity index (χ0) is 15.9. The molecule has 1 aromatic rings. The minimum atomic E-state index is -3.59. The van der Waals surface area contributed by atoms with E-state index in [2.05, 4.69) is 15.4 Å². The number of methoxy groups -OCH3 is 1. The maximum absolute atomic E-state index is 11.9. The number of carbonyl (C=O) groups excluding carboxylic acids is 1. The molecule has 0 saturated heterocycles. The van der Waals surface area contributed by atoms with Gasteiger partial charge in [0.15, 0.2) is 0 Å². The first-order chi connectivity index (χ1) is 9.92. The molecule has 0 saturated carbocycles. The van der Waals surface area contributed by atoms with E-state index in [1.54, 1.807) is 32.2 Å². The monoisotopic (exact) mass is 315 g/mol. The summed E-state index contributed by atoms with van der Waals surface area (Å²) in [5.74, 6) is -0.233. The summed E-state index contributed by atoms with van der Waals surface area (Å²) in [6.07, 6.45) is 0. The van der Waals surface area contributed by atoms with Gasteiger partial charge in [-0.15, -0.1) is 0 Å². The Morgan fingerprint density at radius 3 is 2.62 bits per heavy atom. The van der Waals surface area contributed by atoms with Gasteiger partial charge in [0.2, 0.25) is 15.9 Å². The van der Waals surface area contributed by atoms with Gasteiger partial charge in [-0.05, 0) is 26.1 Å². The number of anilines is 1. The zero-order valence-corrected chi connectivity index (χ0v) is 13.2. The van der Waals surface area contributed by atoms with Gasteiger partial charge in [-0.1, -0.05) is 12.1 Å². The maximum Gasteiger partial charge on any atom is 0.242 e. The Balaban J connectivity index is 2.81. The van der Waals surface area contributed by atoms with E-state index in [1.807, 2.05) is 0 Å². The molecule has 0 bridgehead atoms. The summed E-state index contributed by atoms with van der Waals surface area (Å²) < 4.78 is 30.9. The molecule has 21 heavy (non-hydrogen) atoms. The number of rotatable bonds is 8. The van der Waals surface area contributed by atoms with Crippen LogP contribution in [0.4, 0.5) is 5.69 Å². The van der Waals surface area contributed by atoms with Crippen LogP contribution in [0.5, 0.6) is 0 Å². The number of nitrogens with one attached hydrogen (secondary N) is 3. The molecule has 0 aliphatic rings.